The fourth-order valence-electron chi connectivity index (χ4n) is 2.19. The van der Waals surface area contributed by atoms with Crippen molar-refractivity contribution in [2.24, 2.45) is 0 Å². The summed E-state index contributed by atoms with van der Waals surface area (Å²) in [5.74, 6) is 0.876. The molecule has 2 aromatic heterocycles. The molecule has 0 saturated heterocycles. The number of thiazole rings is 1. The first-order valence-corrected chi connectivity index (χ1v) is 8.07. The molecule has 0 fully saturated rings. The quantitative estimate of drug-likeness (QED) is 0.765. The Morgan fingerprint density at radius 2 is 2.00 bits per heavy atom. The lowest BCUT2D eigenvalue weighted by Crippen LogP contribution is -2.14. The molecule has 0 spiro atoms. The summed E-state index contributed by atoms with van der Waals surface area (Å²) in [6, 6.07) is 7.36. The maximum Gasteiger partial charge on any atom is 0.322 e. The maximum atomic E-state index is 12.1. The zero-order chi connectivity index (χ0) is 17.1. The van der Waals surface area contributed by atoms with Crippen molar-refractivity contribution in [3.05, 3.63) is 40.5 Å². The van der Waals surface area contributed by atoms with Gasteiger partial charge in [-0.15, -0.1) is 16.4 Å². The van der Waals surface area contributed by atoms with Gasteiger partial charge in [-0.25, -0.2) is 4.98 Å². The summed E-state index contributed by atoms with van der Waals surface area (Å²) in [5.41, 5.74) is 1.69. The van der Waals surface area contributed by atoms with Gasteiger partial charge >= 0.3 is 6.01 Å². The topological polar surface area (TPSA) is 90.1 Å². The van der Waals surface area contributed by atoms with Crippen LogP contribution in [-0.4, -0.2) is 28.2 Å². The number of amides is 1. The van der Waals surface area contributed by atoms with Crippen molar-refractivity contribution in [2.75, 3.05) is 12.4 Å². The number of hydrogen-bond acceptors (Lipinski definition) is 7. The van der Waals surface area contributed by atoms with E-state index in [0.717, 1.165) is 26.9 Å². The highest BCUT2D eigenvalue weighted by molar-refractivity contribution is 7.15. The van der Waals surface area contributed by atoms with Gasteiger partial charge in [-0.05, 0) is 31.5 Å². The molecule has 1 aromatic carbocycles. The highest BCUT2D eigenvalue weighted by Gasteiger charge is 2.16. The fourth-order valence-corrected chi connectivity index (χ4v) is 3.03. The number of anilines is 1. The number of nitrogens with zero attached hydrogens (tertiary/aromatic N) is 3. The number of benzene rings is 1. The lowest BCUT2D eigenvalue weighted by molar-refractivity contribution is -0.115. The van der Waals surface area contributed by atoms with Gasteiger partial charge in [0, 0.05) is 0 Å². The zero-order valence-electron chi connectivity index (χ0n) is 13.5. The first-order valence-electron chi connectivity index (χ1n) is 7.26. The lowest BCUT2D eigenvalue weighted by Gasteiger charge is -2.03. The average molecular weight is 344 g/mol. The van der Waals surface area contributed by atoms with Crippen LogP contribution in [0.25, 0.3) is 10.8 Å². The van der Waals surface area contributed by atoms with Crippen LogP contribution in [-0.2, 0) is 11.2 Å². The molecule has 0 aliphatic rings. The molecule has 124 valence electrons. The SMILES string of the molecule is COc1ccc(CC(=O)Nc2nnc(-c3sc(C)nc3C)o2)cc1. The molecular weight excluding hydrogens is 328 g/mol. The van der Waals surface area contributed by atoms with Gasteiger partial charge in [0.25, 0.3) is 5.89 Å². The van der Waals surface area contributed by atoms with Gasteiger partial charge in [0.1, 0.15) is 10.6 Å². The van der Waals surface area contributed by atoms with Crippen LogP contribution in [0.15, 0.2) is 28.7 Å². The molecule has 0 atom stereocenters. The van der Waals surface area contributed by atoms with Crippen LogP contribution in [0.1, 0.15) is 16.3 Å². The number of methoxy groups -OCH3 is 1. The number of carbonyl (C=O) groups excluding carboxylic acids is 1. The fraction of sp³-hybridized carbons (Fsp3) is 0.250. The monoisotopic (exact) mass is 344 g/mol. The largest absolute Gasteiger partial charge is 0.497 e. The third kappa shape index (κ3) is 3.60. The first-order chi connectivity index (χ1) is 11.5. The van der Waals surface area contributed by atoms with E-state index in [1.807, 2.05) is 38.1 Å². The number of aromatic nitrogens is 3. The van der Waals surface area contributed by atoms with Crippen molar-refractivity contribution in [1.29, 1.82) is 0 Å². The Kier molecular flexibility index (Phi) is 4.57. The van der Waals surface area contributed by atoms with E-state index >= 15 is 0 Å². The van der Waals surface area contributed by atoms with E-state index in [0.29, 0.717) is 5.89 Å². The van der Waals surface area contributed by atoms with E-state index in [1.54, 1.807) is 7.11 Å². The molecule has 0 aliphatic heterocycles. The Morgan fingerprint density at radius 3 is 2.62 bits per heavy atom. The van der Waals surface area contributed by atoms with Gasteiger partial charge in [0.2, 0.25) is 5.91 Å². The second-order valence-electron chi connectivity index (χ2n) is 5.13. The van der Waals surface area contributed by atoms with E-state index in [9.17, 15) is 4.79 Å². The second-order valence-corrected chi connectivity index (χ2v) is 6.34. The predicted octanol–water partition coefficient (Wildman–Crippen LogP) is 3.00. The number of ether oxygens (including phenoxy) is 1. The van der Waals surface area contributed by atoms with Crippen LogP contribution in [0, 0.1) is 13.8 Å². The Hall–Kier alpha value is -2.74. The minimum atomic E-state index is -0.229. The van der Waals surface area contributed by atoms with Gasteiger partial charge in [-0.1, -0.05) is 17.2 Å². The van der Waals surface area contributed by atoms with Crippen molar-refractivity contribution in [3.8, 4) is 16.5 Å². The molecule has 3 rings (SSSR count). The molecule has 7 nitrogen and oxygen atoms in total. The van der Waals surface area contributed by atoms with E-state index in [4.69, 9.17) is 9.15 Å². The van der Waals surface area contributed by atoms with Gasteiger partial charge in [0.15, 0.2) is 0 Å². The summed E-state index contributed by atoms with van der Waals surface area (Å²) in [5, 5.41) is 11.4. The molecule has 2 heterocycles. The first kappa shape index (κ1) is 16.1. The standard InChI is InChI=1S/C16H16N4O3S/c1-9-14(24-10(2)17-9)15-19-20-16(23-15)18-13(21)8-11-4-6-12(22-3)7-5-11/h4-7H,8H2,1-3H3,(H,18,20,21). The van der Waals surface area contributed by atoms with E-state index in [2.05, 4.69) is 20.5 Å². The minimum absolute atomic E-state index is 0.0777. The molecule has 0 radical (unpaired) electrons. The smallest absolute Gasteiger partial charge is 0.322 e. The van der Waals surface area contributed by atoms with Gasteiger partial charge in [-0.2, -0.15) is 0 Å². The summed E-state index contributed by atoms with van der Waals surface area (Å²) < 4.78 is 10.6. The molecule has 0 aliphatic carbocycles. The van der Waals surface area contributed by atoms with E-state index < -0.39 is 0 Å². The van der Waals surface area contributed by atoms with Crippen LogP contribution in [0.3, 0.4) is 0 Å². The molecular formula is C16H16N4O3S. The Balaban J connectivity index is 1.65. The maximum absolute atomic E-state index is 12.1. The van der Waals surface area contributed by atoms with Gasteiger partial charge in [0.05, 0.1) is 24.2 Å². The summed E-state index contributed by atoms with van der Waals surface area (Å²) in [4.78, 5) is 17.2. The molecule has 0 saturated carbocycles. The van der Waals surface area contributed by atoms with Crippen molar-refractivity contribution < 1.29 is 13.9 Å². The molecule has 0 unspecified atom stereocenters. The number of hydrogen-bond donors (Lipinski definition) is 1. The molecule has 0 bridgehead atoms. The highest BCUT2D eigenvalue weighted by Crippen LogP contribution is 2.29. The third-order valence-corrected chi connectivity index (χ3v) is 4.35. The average Bonchev–Trinajstić information content (AvgIpc) is 3.14. The normalized spacial score (nSPS) is 10.6. The van der Waals surface area contributed by atoms with Crippen LogP contribution in [0.2, 0.25) is 0 Å². The summed E-state index contributed by atoms with van der Waals surface area (Å²) in [6.45, 7) is 3.79. The molecule has 3 aromatic rings. The van der Waals surface area contributed by atoms with Crippen molar-refractivity contribution in [1.82, 2.24) is 15.2 Å². The zero-order valence-corrected chi connectivity index (χ0v) is 14.3. The third-order valence-electron chi connectivity index (χ3n) is 3.29. The Morgan fingerprint density at radius 1 is 1.25 bits per heavy atom. The summed E-state index contributed by atoms with van der Waals surface area (Å²) in [6.07, 6.45) is 0.209. The summed E-state index contributed by atoms with van der Waals surface area (Å²) in [7, 11) is 1.60. The number of rotatable bonds is 5. The highest BCUT2D eigenvalue weighted by atomic mass is 32.1. The predicted molar refractivity (Wildman–Crippen MR) is 90.2 cm³/mol. The molecule has 24 heavy (non-hydrogen) atoms. The molecule has 1 N–H and O–H groups in total. The van der Waals surface area contributed by atoms with Gasteiger partial charge in [-0.3, -0.25) is 10.1 Å². The molecule has 1 amide bonds. The van der Waals surface area contributed by atoms with Gasteiger partial charge < -0.3 is 9.15 Å². The number of carbonyl (C=O) groups is 1. The van der Waals surface area contributed by atoms with Crippen LogP contribution in [0.5, 0.6) is 5.75 Å². The van der Waals surface area contributed by atoms with Crippen molar-refractivity contribution in [3.63, 3.8) is 0 Å². The number of aryl methyl sites for hydroxylation is 2. The van der Waals surface area contributed by atoms with E-state index in [-0.39, 0.29) is 18.3 Å². The number of nitrogens with one attached hydrogen (secondary N) is 1. The Labute approximate surface area is 142 Å². The van der Waals surface area contributed by atoms with Crippen LogP contribution < -0.4 is 10.1 Å². The Bertz CT molecular complexity index is 855. The lowest BCUT2D eigenvalue weighted by atomic mass is 10.1. The summed E-state index contributed by atoms with van der Waals surface area (Å²) >= 11 is 1.47. The van der Waals surface area contributed by atoms with Crippen molar-refractivity contribution in [2.45, 2.75) is 20.3 Å². The minimum Gasteiger partial charge on any atom is -0.497 e. The molecule has 8 heteroatoms. The van der Waals surface area contributed by atoms with Crippen LogP contribution in [0.4, 0.5) is 6.01 Å². The van der Waals surface area contributed by atoms with Crippen LogP contribution >= 0.6 is 11.3 Å². The second kappa shape index (κ2) is 6.79. The van der Waals surface area contributed by atoms with Crippen molar-refractivity contribution >= 4 is 23.3 Å². The van der Waals surface area contributed by atoms with E-state index in [1.165, 1.54) is 11.3 Å².